The summed E-state index contributed by atoms with van der Waals surface area (Å²) in [6.07, 6.45) is 7.39. The van der Waals surface area contributed by atoms with Crippen LogP contribution in [0.5, 0.6) is 5.75 Å². The fourth-order valence-electron chi connectivity index (χ4n) is 6.30. The van der Waals surface area contributed by atoms with Crippen molar-refractivity contribution < 1.29 is 10.0 Å². The number of rotatable bonds is 5. The molecule has 0 heterocycles. The number of nitro groups is 1. The van der Waals surface area contributed by atoms with Crippen molar-refractivity contribution in [3.8, 4) is 5.75 Å². The molecule has 2 aromatic rings. The second-order valence-corrected chi connectivity index (χ2v) is 10.6. The summed E-state index contributed by atoms with van der Waals surface area (Å²) in [6.45, 7) is 9.97. The molecule has 32 heavy (non-hydrogen) atoms. The predicted molar refractivity (Wildman–Crippen MR) is 129 cm³/mol. The summed E-state index contributed by atoms with van der Waals surface area (Å²) in [5, 5.41) is 21.2. The van der Waals surface area contributed by atoms with Gasteiger partial charge in [0.1, 0.15) is 5.75 Å². The molecule has 2 aromatic carbocycles. The van der Waals surface area contributed by atoms with Crippen LogP contribution in [0.1, 0.15) is 81.5 Å². The van der Waals surface area contributed by atoms with Crippen LogP contribution < -0.4 is 0 Å². The highest BCUT2D eigenvalue weighted by Gasteiger charge is 2.51. The van der Waals surface area contributed by atoms with Gasteiger partial charge in [-0.25, -0.2) is 0 Å². The van der Waals surface area contributed by atoms with Gasteiger partial charge in [0.25, 0.3) is 5.69 Å². The van der Waals surface area contributed by atoms with Crippen LogP contribution in [-0.4, -0.2) is 22.8 Å². The van der Waals surface area contributed by atoms with Crippen molar-refractivity contribution in [3.63, 3.8) is 0 Å². The summed E-state index contributed by atoms with van der Waals surface area (Å²) < 4.78 is 0. The number of hydrogen-bond acceptors (Lipinski definition) is 4. The molecule has 0 amide bonds. The second-order valence-electron chi connectivity index (χ2n) is 10.6. The lowest BCUT2D eigenvalue weighted by Crippen LogP contribution is -2.50. The summed E-state index contributed by atoms with van der Waals surface area (Å²) in [7, 11) is 0. The zero-order valence-corrected chi connectivity index (χ0v) is 19.6. The van der Waals surface area contributed by atoms with Crippen molar-refractivity contribution in [2.45, 2.75) is 71.1 Å². The van der Waals surface area contributed by atoms with Gasteiger partial charge in [-0.15, -0.1) is 0 Å². The molecular formula is C27H34N2O3. The van der Waals surface area contributed by atoms with Crippen molar-refractivity contribution >= 4 is 11.9 Å². The number of phenolic OH excluding ortho intramolecular Hbond substituents is 1. The van der Waals surface area contributed by atoms with Crippen LogP contribution in [0.25, 0.3) is 0 Å². The van der Waals surface area contributed by atoms with Gasteiger partial charge in [-0.05, 0) is 71.1 Å². The molecule has 0 bridgehead atoms. The van der Waals surface area contributed by atoms with E-state index in [0.29, 0.717) is 23.9 Å². The van der Waals surface area contributed by atoms with Gasteiger partial charge in [0.05, 0.1) is 4.92 Å². The van der Waals surface area contributed by atoms with Gasteiger partial charge >= 0.3 is 0 Å². The maximum atomic E-state index is 11.1. The zero-order chi connectivity index (χ0) is 23.1. The van der Waals surface area contributed by atoms with E-state index >= 15 is 0 Å². The highest BCUT2D eigenvalue weighted by Crippen LogP contribution is 2.57. The van der Waals surface area contributed by atoms with Crippen molar-refractivity contribution in [2.75, 3.05) is 6.54 Å². The number of aryl methyl sites for hydroxylation is 1. The van der Waals surface area contributed by atoms with Crippen LogP contribution >= 0.6 is 0 Å². The Morgan fingerprint density at radius 1 is 1.22 bits per heavy atom. The van der Waals surface area contributed by atoms with E-state index in [1.165, 1.54) is 54.2 Å². The first kappa shape index (κ1) is 22.5. The topological polar surface area (TPSA) is 75.7 Å². The molecule has 0 spiro atoms. The van der Waals surface area contributed by atoms with Crippen LogP contribution in [-0.2, 0) is 11.8 Å². The number of non-ortho nitro benzene ring substituents is 1. The minimum Gasteiger partial charge on any atom is -0.507 e. The molecule has 4 rings (SSSR count). The molecule has 0 saturated heterocycles. The molecule has 0 aliphatic heterocycles. The minimum absolute atomic E-state index is 0.0190. The highest BCUT2D eigenvalue weighted by molar-refractivity contribution is 5.84. The van der Waals surface area contributed by atoms with E-state index in [0.717, 1.165) is 12.8 Å². The monoisotopic (exact) mass is 434 g/mol. The summed E-state index contributed by atoms with van der Waals surface area (Å²) in [5.74, 6) is 1.10. The first-order valence-electron chi connectivity index (χ1n) is 11.7. The smallest absolute Gasteiger partial charge is 0.270 e. The predicted octanol–water partition coefficient (Wildman–Crippen LogP) is 6.55. The van der Waals surface area contributed by atoms with Crippen molar-refractivity contribution in [2.24, 2.45) is 16.3 Å². The number of phenols is 1. The number of nitrogens with zero attached hydrogens (tertiary/aromatic N) is 2. The van der Waals surface area contributed by atoms with Gasteiger partial charge in [-0.1, -0.05) is 52.3 Å². The molecule has 2 aliphatic rings. The molecule has 1 fully saturated rings. The number of nitro benzene ring substituents is 1. The molecule has 1 saturated carbocycles. The molecular weight excluding hydrogens is 400 g/mol. The standard InChI is InChI=1S/C27H34N2O3/c1-18(2)19-6-9-23-20(14-19)7-11-25-26(3,12-5-13-27(23,25)4)17-28-16-21-15-22(29(31)32)8-10-24(21)30/h6,8-10,14-16,18,25,30H,5,7,11-13,17H2,1-4H3/t25-,26-,27+/m0/s1. The Kier molecular flexibility index (Phi) is 5.87. The Labute approximate surface area is 190 Å². The quantitative estimate of drug-likeness (QED) is 0.329. The van der Waals surface area contributed by atoms with Crippen LogP contribution in [0.15, 0.2) is 41.4 Å². The van der Waals surface area contributed by atoms with E-state index in [1.807, 2.05) is 0 Å². The van der Waals surface area contributed by atoms with E-state index in [1.54, 1.807) is 6.21 Å². The fourth-order valence-corrected chi connectivity index (χ4v) is 6.30. The first-order chi connectivity index (χ1) is 15.1. The minimum atomic E-state index is -0.450. The number of fused-ring (bicyclic) bond motifs is 3. The average Bonchev–Trinajstić information content (AvgIpc) is 2.74. The third-order valence-corrected chi connectivity index (χ3v) is 8.07. The molecule has 5 heteroatoms. The lowest BCUT2D eigenvalue weighted by molar-refractivity contribution is -0.384. The van der Waals surface area contributed by atoms with E-state index in [9.17, 15) is 15.2 Å². The Balaban J connectivity index is 1.59. The van der Waals surface area contributed by atoms with Gasteiger partial charge in [0, 0.05) is 30.5 Å². The maximum Gasteiger partial charge on any atom is 0.270 e. The number of aromatic hydroxyl groups is 1. The number of benzene rings is 2. The molecule has 0 radical (unpaired) electrons. The summed E-state index contributed by atoms with van der Waals surface area (Å²) in [6, 6.07) is 11.2. The van der Waals surface area contributed by atoms with Gasteiger partial charge in [0.2, 0.25) is 0 Å². The van der Waals surface area contributed by atoms with E-state index in [4.69, 9.17) is 4.99 Å². The van der Waals surface area contributed by atoms with Gasteiger partial charge in [0.15, 0.2) is 0 Å². The number of hydrogen-bond donors (Lipinski definition) is 1. The van der Waals surface area contributed by atoms with Crippen LogP contribution in [0.3, 0.4) is 0 Å². The lowest BCUT2D eigenvalue weighted by atomic mass is 9.50. The normalized spacial score (nSPS) is 27.3. The molecule has 170 valence electrons. The molecule has 3 atom stereocenters. The highest BCUT2D eigenvalue weighted by atomic mass is 16.6. The van der Waals surface area contributed by atoms with Gasteiger partial charge in [-0.2, -0.15) is 0 Å². The van der Waals surface area contributed by atoms with E-state index in [-0.39, 0.29) is 22.3 Å². The fraction of sp³-hybridized carbons (Fsp3) is 0.519. The Hall–Kier alpha value is -2.69. The summed E-state index contributed by atoms with van der Waals surface area (Å²) in [5.41, 5.74) is 5.04. The Bertz CT molecular complexity index is 1060. The Morgan fingerprint density at radius 3 is 2.72 bits per heavy atom. The largest absolute Gasteiger partial charge is 0.507 e. The SMILES string of the molecule is CC(C)c1ccc2c(c1)CC[C@H]1[C@](C)(CN=Cc3cc([N+](=O)[O-])ccc3O)CCC[C@]21C. The van der Waals surface area contributed by atoms with Gasteiger partial charge in [-0.3, -0.25) is 15.1 Å². The maximum absolute atomic E-state index is 11.1. The number of aliphatic imine (C=N–C) groups is 1. The molecule has 1 N–H and O–H groups in total. The third kappa shape index (κ3) is 3.94. The van der Waals surface area contributed by atoms with Crippen LogP contribution in [0.4, 0.5) is 5.69 Å². The molecule has 2 aliphatic carbocycles. The molecule has 5 nitrogen and oxygen atoms in total. The van der Waals surface area contributed by atoms with Crippen LogP contribution in [0, 0.1) is 21.4 Å². The Morgan fingerprint density at radius 2 is 2.00 bits per heavy atom. The van der Waals surface area contributed by atoms with Crippen molar-refractivity contribution in [1.82, 2.24) is 0 Å². The summed E-state index contributed by atoms with van der Waals surface area (Å²) >= 11 is 0. The lowest BCUT2D eigenvalue weighted by Gasteiger charge is -2.55. The van der Waals surface area contributed by atoms with E-state index in [2.05, 4.69) is 45.9 Å². The molecule has 0 unspecified atom stereocenters. The molecule has 0 aromatic heterocycles. The van der Waals surface area contributed by atoms with Crippen LogP contribution in [0.2, 0.25) is 0 Å². The van der Waals surface area contributed by atoms with Crippen molar-refractivity contribution in [3.05, 3.63) is 68.8 Å². The first-order valence-corrected chi connectivity index (χ1v) is 11.7. The zero-order valence-electron chi connectivity index (χ0n) is 19.6. The third-order valence-electron chi connectivity index (χ3n) is 8.07. The van der Waals surface area contributed by atoms with Crippen molar-refractivity contribution in [1.29, 1.82) is 0 Å². The summed E-state index contributed by atoms with van der Waals surface area (Å²) in [4.78, 5) is 15.3. The van der Waals surface area contributed by atoms with Gasteiger partial charge < -0.3 is 5.11 Å². The average molecular weight is 435 g/mol. The van der Waals surface area contributed by atoms with E-state index < -0.39 is 4.92 Å². The second kappa shape index (κ2) is 8.34.